The molecule has 1 N–H and O–H groups in total. The lowest BCUT2D eigenvalue weighted by atomic mass is 10.0. The van der Waals surface area contributed by atoms with E-state index in [1.54, 1.807) is 0 Å². The molecular weight excluding hydrogens is 895 g/mol. The third kappa shape index (κ3) is 14.2. The number of nitrogens with zero attached hydrogens (tertiary/aromatic N) is 2. The number of aryl methyl sites for hydroxylation is 2. The lowest BCUT2D eigenvalue weighted by molar-refractivity contribution is 1.02. The molecule has 0 aromatic heterocycles. The molecule has 0 bridgehead atoms. The van der Waals surface area contributed by atoms with E-state index in [9.17, 15) is 0 Å². The van der Waals surface area contributed by atoms with Crippen molar-refractivity contribution in [1.82, 2.24) is 0 Å². The molecule has 9 aromatic rings. The molecule has 0 heterocycles. The van der Waals surface area contributed by atoms with E-state index in [1.807, 2.05) is 27.7 Å². The minimum atomic E-state index is 0.632. The molecular formula is C71H73N3. The maximum atomic E-state index is 3.70. The maximum absolute atomic E-state index is 3.70. The molecule has 2 aliphatic carbocycles. The zero-order chi connectivity index (χ0) is 51.9. The van der Waals surface area contributed by atoms with E-state index >= 15 is 0 Å². The number of nitrogens with one attached hydrogen (secondary N) is 1. The Morgan fingerprint density at radius 1 is 0.500 bits per heavy atom. The second-order valence-electron chi connectivity index (χ2n) is 17.8. The summed E-state index contributed by atoms with van der Waals surface area (Å²) in [5.74, 6) is 0. The van der Waals surface area contributed by atoms with Gasteiger partial charge in [0.15, 0.2) is 0 Å². The van der Waals surface area contributed by atoms with Gasteiger partial charge in [-0.1, -0.05) is 227 Å². The average Bonchev–Trinajstić information content (AvgIpc) is 3.96. The van der Waals surface area contributed by atoms with Crippen LogP contribution in [0, 0.1) is 13.8 Å². The van der Waals surface area contributed by atoms with Gasteiger partial charge in [-0.05, 0) is 146 Å². The molecule has 0 saturated heterocycles. The van der Waals surface area contributed by atoms with Crippen molar-refractivity contribution < 1.29 is 0 Å². The molecule has 372 valence electrons. The second kappa shape index (κ2) is 28.0. The van der Waals surface area contributed by atoms with Crippen molar-refractivity contribution in [2.75, 3.05) is 21.7 Å². The van der Waals surface area contributed by atoms with Crippen molar-refractivity contribution in [1.29, 1.82) is 0 Å². The molecule has 9 aromatic carbocycles. The first kappa shape index (κ1) is 53.4. The number of para-hydroxylation sites is 2. The third-order valence-electron chi connectivity index (χ3n) is 12.8. The summed E-state index contributed by atoms with van der Waals surface area (Å²) in [5, 5.41) is 8.54. The van der Waals surface area contributed by atoms with Crippen LogP contribution in [0.1, 0.15) is 75.3 Å². The zero-order valence-corrected chi connectivity index (χ0v) is 44.5. The number of hydrogen-bond donors (Lipinski definition) is 1. The summed E-state index contributed by atoms with van der Waals surface area (Å²) in [7, 11) is 0. The fraction of sp³-hybridized carbons (Fsp3) is 0.155. The normalized spacial score (nSPS) is 12.1. The molecule has 11 rings (SSSR count). The van der Waals surface area contributed by atoms with Gasteiger partial charge in [-0.15, -0.1) is 0 Å². The van der Waals surface area contributed by atoms with Gasteiger partial charge in [0.05, 0.1) is 11.4 Å². The summed E-state index contributed by atoms with van der Waals surface area (Å²) < 4.78 is 0. The third-order valence-corrected chi connectivity index (χ3v) is 12.8. The fourth-order valence-corrected chi connectivity index (χ4v) is 9.12. The molecule has 0 radical (unpaired) electrons. The Hall–Kier alpha value is -8.40. The van der Waals surface area contributed by atoms with Crippen molar-refractivity contribution in [2.45, 2.75) is 67.7 Å². The van der Waals surface area contributed by atoms with E-state index < -0.39 is 0 Å². The molecule has 2 aliphatic rings. The molecule has 0 aliphatic heterocycles. The van der Waals surface area contributed by atoms with Crippen LogP contribution >= 0.6 is 0 Å². The smallest absolute Gasteiger partial charge is 0.0540 e. The Morgan fingerprint density at radius 2 is 1.07 bits per heavy atom. The zero-order valence-electron chi connectivity index (χ0n) is 44.5. The van der Waals surface area contributed by atoms with Gasteiger partial charge >= 0.3 is 0 Å². The fourth-order valence-electron chi connectivity index (χ4n) is 9.12. The van der Waals surface area contributed by atoms with Gasteiger partial charge in [0.1, 0.15) is 0 Å². The standard InChI is InChI=1S/C50H41N3.C10H10.C7H10.2C2H6/c1-38-26-28-39(29-27-38)30-33-46(53(44-20-6-3-7-21-44)50-25-13-17-41-15-9-11-23-48(41)50)36-37-51-42-31-34-45(35-32-42)52(43-18-4-2-5-19-43)49-24-12-16-40-14-8-10-22-47(40)49;1-8-4-2-5-9-6-3-7-10(8)9;1-7-5-3-2-4-6-7;2*1-2/h2-36,51H,37H2,1H3;2-6H,7H2,1H3;3,5-6H,2,4H2,1H3;2*1-2H3/b33-30-,46-36+;;;;. The van der Waals surface area contributed by atoms with E-state index in [-0.39, 0.29) is 0 Å². The summed E-state index contributed by atoms with van der Waals surface area (Å²) in [6.07, 6.45) is 21.4. The molecule has 0 unspecified atom stereocenters. The van der Waals surface area contributed by atoms with Gasteiger partial charge in [0.2, 0.25) is 0 Å². The van der Waals surface area contributed by atoms with Crippen molar-refractivity contribution in [3.63, 3.8) is 0 Å². The minimum absolute atomic E-state index is 0.632. The van der Waals surface area contributed by atoms with Gasteiger partial charge in [-0.3, -0.25) is 0 Å². The first-order valence-corrected chi connectivity index (χ1v) is 26.5. The topological polar surface area (TPSA) is 18.5 Å². The molecule has 3 heteroatoms. The highest BCUT2D eigenvalue weighted by molar-refractivity contribution is 5.99. The van der Waals surface area contributed by atoms with E-state index in [4.69, 9.17) is 0 Å². The predicted octanol–water partition coefficient (Wildman–Crippen LogP) is 20.5. The van der Waals surface area contributed by atoms with Crippen LogP contribution in [0.25, 0.3) is 33.7 Å². The number of fused-ring (bicyclic) bond motifs is 3. The molecule has 3 nitrogen and oxygen atoms in total. The van der Waals surface area contributed by atoms with Crippen LogP contribution in [-0.4, -0.2) is 6.54 Å². The molecule has 74 heavy (non-hydrogen) atoms. The highest BCUT2D eigenvalue weighted by atomic mass is 15.2. The Labute approximate surface area is 442 Å². The van der Waals surface area contributed by atoms with Gasteiger partial charge in [-0.25, -0.2) is 0 Å². The number of hydrogen-bond acceptors (Lipinski definition) is 3. The van der Waals surface area contributed by atoms with Gasteiger partial charge in [0, 0.05) is 45.8 Å². The SMILES string of the molecule is CC.CC.CC1=CCCC=C1.Cc1ccc(/C=C\C(=C/CNc2ccc(N(c3ccccc3)c3cccc4ccccc34)cc2)N(c2ccccc2)c2cccc3ccccc23)cc1.Cc1cccc2c1CC=C2. The Kier molecular flexibility index (Phi) is 20.2. The first-order chi connectivity index (χ1) is 36.5. The molecule has 0 spiro atoms. The molecule has 0 saturated carbocycles. The predicted molar refractivity (Wildman–Crippen MR) is 327 cm³/mol. The van der Waals surface area contributed by atoms with Crippen molar-refractivity contribution in [2.24, 2.45) is 0 Å². The van der Waals surface area contributed by atoms with Crippen LogP contribution in [0.4, 0.5) is 34.1 Å². The van der Waals surface area contributed by atoms with Crippen LogP contribution in [0.5, 0.6) is 0 Å². The Balaban J connectivity index is 0.000000316. The molecule has 0 fully saturated rings. The summed E-state index contributed by atoms with van der Waals surface area (Å²) in [6.45, 7) is 15.1. The highest BCUT2D eigenvalue weighted by Gasteiger charge is 2.17. The lowest BCUT2D eigenvalue weighted by Gasteiger charge is -2.28. The van der Waals surface area contributed by atoms with Crippen LogP contribution < -0.4 is 15.1 Å². The van der Waals surface area contributed by atoms with E-state index in [2.05, 4.69) is 297 Å². The molecule has 0 atom stereocenters. The molecule has 0 amide bonds. The minimum Gasteiger partial charge on any atom is -0.381 e. The average molecular weight is 968 g/mol. The van der Waals surface area contributed by atoms with Gasteiger partial charge in [0.25, 0.3) is 0 Å². The summed E-state index contributed by atoms with van der Waals surface area (Å²) >= 11 is 0. The monoisotopic (exact) mass is 968 g/mol. The first-order valence-electron chi connectivity index (χ1n) is 26.5. The van der Waals surface area contributed by atoms with Crippen LogP contribution in [0.15, 0.2) is 260 Å². The van der Waals surface area contributed by atoms with Gasteiger partial charge in [-0.2, -0.15) is 0 Å². The summed E-state index contributed by atoms with van der Waals surface area (Å²) in [6, 6.07) is 75.3. The lowest BCUT2D eigenvalue weighted by Crippen LogP contribution is -2.17. The largest absolute Gasteiger partial charge is 0.381 e. The van der Waals surface area contributed by atoms with E-state index in [0.717, 1.165) is 51.8 Å². The summed E-state index contributed by atoms with van der Waals surface area (Å²) in [5.41, 5.74) is 15.9. The van der Waals surface area contributed by atoms with Gasteiger partial charge < -0.3 is 15.1 Å². The number of allylic oxidation sites excluding steroid dienone is 6. The van der Waals surface area contributed by atoms with Crippen molar-refractivity contribution in [3.8, 4) is 0 Å². The van der Waals surface area contributed by atoms with Crippen LogP contribution in [0.3, 0.4) is 0 Å². The quantitative estimate of drug-likeness (QED) is 0.130. The van der Waals surface area contributed by atoms with Crippen LogP contribution in [-0.2, 0) is 6.42 Å². The number of benzene rings is 9. The number of anilines is 6. The Morgan fingerprint density at radius 3 is 1.68 bits per heavy atom. The maximum Gasteiger partial charge on any atom is 0.0540 e. The van der Waals surface area contributed by atoms with E-state index in [1.165, 1.54) is 62.2 Å². The number of rotatable bonds is 11. The Bertz CT molecular complexity index is 3290. The second-order valence-corrected chi connectivity index (χ2v) is 17.8. The summed E-state index contributed by atoms with van der Waals surface area (Å²) in [4.78, 5) is 4.70. The highest BCUT2D eigenvalue weighted by Crippen LogP contribution is 2.40. The van der Waals surface area contributed by atoms with Crippen molar-refractivity contribution >= 4 is 67.8 Å². The van der Waals surface area contributed by atoms with Crippen molar-refractivity contribution in [3.05, 3.63) is 288 Å². The van der Waals surface area contributed by atoms with E-state index in [0.29, 0.717) is 6.54 Å². The van der Waals surface area contributed by atoms with Crippen LogP contribution in [0.2, 0.25) is 0 Å².